The molecule has 1 fully saturated rings. The Morgan fingerprint density at radius 1 is 1.04 bits per heavy atom. The molecule has 1 aliphatic rings. The van der Waals surface area contributed by atoms with Crippen molar-refractivity contribution in [3.8, 4) is 0 Å². The molecule has 0 atom stereocenters. The summed E-state index contributed by atoms with van der Waals surface area (Å²) in [6.07, 6.45) is 3.29. The van der Waals surface area contributed by atoms with Crippen molar-refractivity contribution in [3.63, 3.8) is 0 Å². The van der Waals surface area contributed by atoms with Gasteiger partial charge in [-0.05, 0) is 35.9 Å². The summed E-state index contributed by atoms with van der Waals surface area (Å²) >= 11 is 0. The van der Waals surface area contributed by atoms with Crippen molar-refractivity contribution in [1.82, 2.24) is 10.3 Å². The van der Waals surface area contributed by atoms with Crippen LogP contribution >= 0.6 is 0 Å². The third-order valence-corrected chi connectivity index (χ3v) is 5.28. The fourth-order valence-corrected chi connectivity index (χ4v) is 3.62. The van der Waals surface area contributed by atoms with Gasteiger partial charge in [0.2, 0.25) is 0 Å². The molecule has 1 heterocycles. The first-order chi connectivity index (χ1) is 12.2. The quantitative estimate of drug-likeness (QED) is 0.769. The molecule has 0 radical (unpaired) electrons. The molecule has 0 aliphatic heterocycles. The van der Waals surface area contributed by atoms with Crippen molar-refractivity contribution in [2.75, 3.05) is 6.54 Å². The number of pyridine rings is 1. The summed E-state index contributed by atoms with van der Waals surface area (Å²) in [5, 5.41) is 3.84. The Morgan fingerprint density at radius 3 is 2.48 bits per heavy atom. The number of carbonyl (C=O) groups excluding carboxylic acids is 1. The SMILES string of the molecule is O=C(NCC1(c2ccccc2)CCC1)c1cc2ccccc2[nH]c1=O. The van der Waals surface area contributed by atoms with Crippen molar-refractivity contribution >= 4 is 16.8 Å². The van der Waals surface area contributed by atoms with Crippen LogP contribution in [0.2, 0.25) is 0 Å². The summed E-state index contributed by atoms with van der Waals surface area (Å²) in [5.74, 6) is -0.311. The first-order valence-electron chi connectivity index (χ1n) is 8.64. The van der Waals surface area contributed by atoms with E-state index < -0.39 is 0 Å². The number of para-hydroxylation sites is 1. The number of nitrogens with one attached hydrogen (secondary N) is 2. The van der Waals surface area contributed by atoms with Crippen molar-refractivity contribution < 1.29 is 4.79 Å². The first-order valence-corrected chi connectivity index (χ1v) is 8.64. The fraction of sp³-hybridized carbons (Fsp3) is 0.238. The van der Waals surface area contributed by atoms with Gasteiger partial charge >= 0.3 is 0 Å². The van der Waals surface area contributed by atoms with Crippen LogP contribution in [-0.2, 0) is 5.41 Å². The van der Waals surface area contributed by atoms with Crippen LogP contribution in [0.3, 0.4) is 0 Å². The number of benzene rings is 2. The van der Waals surface area contributed by atoms with Gasteiger partial charge in [0.05, 0.1) is 0 Å². The number of fused-ring (bicyclic) bond motifs is 1. The average molecular weight is 332 g/mol. The number of carbonyl (C=O) groups is 1. The van der Waals surface area contributed by atoms with Gasteiger partial charge in [0.1, 0.15) is 5.56 Å². The number of aromatic nitrogens is 1. The molecule has 126 valence electrons. The van der Waals surface area contributed by atoms with Crippen molar-refractivity contribution in [2.24, 2.45) is 0 Å². The van der Waals surface area contributed by atoms with E-state index in [0.29, 0.717) is 6.54 Å². The smallest absolute Gasteiger partial charge is 0.261 e. The van der Waals surface area contributed by atoms with Crippen molar-refractivity contribution in [2.45, 2.75) is 24.7 Å². The minimum atomic E-state index is -0.349. The molecule has 25 heavy (non-hydrogen) atoms. The van der Waals surface area contributed by atoms with Crippen molar-refractivity contribution in [1.29, 1.82) is 0 Å². The molecule has 0 unspecified atom stereocenters. The summed E-state index contributed by atoms with van der Waals surface area (Å²) in [7, 11) is 0. The van der Waals surface area contributed by atoms with E-state index in [1.165, 1.54) is 12.0 Å². The number of hydrogen-bond donors (Lipinski definition) is 2. The maximum atomic E-state index is 12.6. The Balaban J connectivity index is 1.56. The van der Waals surface area contributed by atoms with E-state index in [0.717, 1.165) is 23.7 Å². The lowest BCUT2D eigenvalue weighted by Crippen LogP contribution is -2.46. The summed E-state index contributed by atoms with van der Waals surface area (Å²) in [4.78, 5) is 27.6. The van der Waals surface area contributed by atoms with Crippen LogP contribution in [0, 0.1) is 0 Å². The molecule has 0 saturated heterocycles. The third kappa shape index (κ3) is 2.84. The summed E-state index contributed by atoms with van der Waals surface area (Å²) in [6.45, 7) is 0.558. The van der Waals surface area contributed by atoms with E-state index in [2.05, 4.69) is 22.4 Å². The molecule has 1 aromatic heterocycles. The predicted molar refractivity (Wildman–Crippen MR) is 98.9 cm³/mol. The Morgan fingerprint density at radius 2 is 1.76 bits per heavy atom. The van der Waals surface area contributed by atoms with Gasteiger partial charge in [-0.15, -0.1) is 0 Å². The monoisotopic (exact) mass is 332 g/mol. The molecular formula is C21H20N2O2. The highest BCUT2D eigenvalue weighted by Crippen LogP contribution is 2.43. The molecule has 4 nitrogen and oxygen atoms in total. The minimum Gasteiger partial charge on any atom is -0.351 e. The van der Waals surface area contributed by atoms with E-state index in [9.17, 15) is 9.59 Å². The Bertz CT molecular complexity index is 972. The topological polar surface area (TPSA) is 62.0 Å². The van der Waals surface area contributed by atoms with Crippen molar-refractivity contribution in [3.05, 3.63) is 82.1 Å². The molecule has 4 rings (SSSR count). The van der Waals surface area contributed by atoms with E-state index in [4.69, 9.17) is 0 Å². The molecule has 2 N–H and O–H groups in total. The highest BCUT2D eigenvalue weighted by atomic mass is 16.2. The number of aromatic amines is 1. The standard InChI is InChI=1S/C21H20N2O2/c24-19(17-13-15-7-4-5-10-18(15)23-20(17)25)22-14-21(11-6-12-21)16-8-2-1-3-9-16/h1-5,7-10,13H,6,11-12,14H2,(H,22,24)(H,23,25). The molecule has 1 saturated carbocycles. The Kier molecular flexibility index (Phi) is 3.88. The second-order valence-corrected chi connectivity index (χ2v) is 6.78. The maximum absolute atomic E-state index is 12.6. The van der Waals surface area contributed by atoms with Gasteiger partial charge in [-0.25, -0.2) is 0 Å². The molecular weight excluding hydrogens is 312 g/mol. The zero-order valence-electron chi connectivity index (χ0n) is 13.9. The number of hydrogen-bond acceptors (Lipinski definition) is 2. The molecule has 1 amide bonds. The average Bonchev–Trinajstić information content (AvgIpc) is 2.61. The van der Waals surface area contributed by atoms with E-state index in [-0.39, 0.29) is 22.4 Å². The first kappa shape index (κ1) is 15.6. The lowest BCUT2D eigenvalue weighted by atomic mass is 9.64. The van der Waals surface area contributed by atoms with E-state index in [1.807, 2.05) is 42.5 Å². The second kappa shape index (κ2) is 6.20. The summed E-state index contributed by atoms with van der Waals surface area (Å²) in [6, 6.07) is 19.4. The highest BCUT2D eigenvalue weighted by Gasteiger charge is 2.38. The molecule has 3 aromatic rings. The van der Waals surface area contributed by atoms with E-state index >= 15 is 0 Å². The van der Waals surface area contributed by atoms with Gasteiger partial charge in [-0.2, -0.15) is 0 Å². The zero-order chi connectivity index (χ0) is 17.3. The van der Waals surface area contributed by atoms with Crippen LogP contribution < -0.4 is 10.9 Å². The van der Waals surface area contributed by atoms with Gasteiger partial charge < -0.3 is 10.3 Å². The summed E-state index contributed by atoms with van der Waals surface area (Å²) < 4.78 is 0. The molecule has 1 aliphatic carbocycles. The second-order valence-electron chi connectivity index (χ2n) is 6.78. The number of rotatable bonds is 4. The molecule has 2 aromatic carbocycles. The number of H-pyrrole nitrogens is 1. The highest BCUT2D eigenvalue weighted by molar-refractivity contribution is 5.97. The van der Waals surface area contributed by atoms with Crippen LogP contribution in [0.25, 0.3) is 10.9 Å². The maximum Gasteiger partial charge on any atom is 0.261 e. The van der Waals surface area contributed by atoms with Crippen LogP contribution in [-0.4, -0.2) is 17.4 Å². The Hall–Kier alpha value is -2.88. The van der Waals surface area contributed by atoms with Crippen LogP contribution in [0.1, 0.15) is 35.2 Å². The lowest BCUT2D eigenvalue weighted by molar-refractivity contribution is 0.0926. The van der Waals surface area contributed by atoms with Crippen LogP contribution in [0.15, 0.2) is 65.5 Å². The van der Waals surface area contributed by atoms with Gasteiger partial charge in [-0.3, -0.25) is 9.59 Å². The van der Waals surface area contributed by atoms with E-state index in [1.54, 1.807) is 6.07 Å². The largest absolute Gasteiger partial charge is 0.351 e. The molecule has 4 heteroatoms. The van der Waals surface area contributed by atoms with Gasteiger partial charge in [-0.1, -0.05) is 55.0 Å². The summed E-state index contributed by atoms with van der Waals surface area (Å²) in [5.41, 5.74) is 1.82. The zero-order valence-corrected chi connectivity index (χ0v) is 13.9. The van der Waals surface area contributed by atoms with Gasteiger partial charge in [0.25, 0.3) is 11.5 Å². The minimum absolute atomic E-state index is 0.000526. The molecule has 0 bridgehead atoms. The Labute approximate surface area is 145 Å². The fourth-order valence-electron chi connectivity index (χ4n) is 3.62. The lowest BCUT2D eigenvalue weighted by Gasteiger charge is -2.42. The predicted octanol–water partition coefficient (Wildman–Crippen LogP) is 3.38. The van der Waals surface area contributed by atoms with Gasteiger partial charge in [0.15, 0.2) is 0 Å². The van der Waals surface area contributed by atoms with Crippen LogP contribution in [0.4, 0.5) is 0 Å². The van der Waals surface area contributed by atoms with Gasteiger partial charge in [0, 0.05) is 17.5 Å². The number of amides is 1. The van der Waals surface area contributed by atoms with Crippen LogP contribution in [0.5, 0.6) is 0 Å². The molecule has 0 spiro atoms. The third-order valence-electron chi connectivity index (χ3n) is 5.28. The normalized spacial score (nSPS) is 15.5.